The standard InChI is InChI=1S/C17H14N4O2/c1-3-7-22-12-6-4-5-11(8-12)15-13(9-18)16(19)23-17-14(15)10(2)20-21-17/h1,4-6,8,15H,7,19H2,2H3,(H,20,21). The third kappa shape index (κ3) is 2.47. The summed E-state index contributed by atoms with van der Waals surface area (Å²) >= 11 is 0. The van der Waals surface area contributed by atoms with Crippen LogP contribution in [0.25, 0.3) is 0 Å². The number of fused-ring (bicyclic) bond motifs is 1. The maximum Gasteiger partial charge on any atom is 0.244 e. The Labute approximate surface area is 133 Å². The molecule has 0 bridgehead atoms. The van der Waals surface area contributed by atoms with Crippen LogP contribution in [-0.4, -0.2) is 16.8 Å². The van der Waals surface area contributed by atoms with E-state index in [9.17, 15) is 5.26 Å². The summed E-state index contributed by atoms with van der Waals surface area (Å²) in [5.74, 6) is 3.14. The van der Waals surface area contributed by atoms with Crippen molar-refractivity contribution in [1.82, 2.24) is 10.2 Å². The van der Waals surface area contributed by atoms with Gasteiger partial charge in [-0.15, -0.1) is 11.5 Å². The number of rotatable bonds is 3. The lowest BCUT2D eigenvalue weighted by atomic mass is 9.84. The Bertz CT molecular complexity index is 867. The van der Waals surface area contributed by atoms with E-state index in [-0.39, 0.29) is 18.4 Å². The largest absolute Gasteiger partial charge is 0.481 e. The second-order valence-electron chi connectivity index (χ2n) is 5.06. The molecule has 0 spiro atoms. The van der Waals surface area contributed by atoms with Crippen molar-refractivity contribution in [2.24, 2.45) is 5.73 Å². The van der Waals surface area contributed by atoms with Crippen LogP contribution in [0.1, 0.15) is 22.7 Å². The van der Waals surface area contributed by atoms with Crippen molar-refractivity contribution in [3.63, 3.8) is 0 Å². The van der Waals surface area contributed by atoms with E-state index in [2.05, 4.69) is 22.2 Å². The topological polar surface area (TPSA) is 96.9 Å². The summed E-state index contributed by atoms with van der Waals surface area (Å²) in [5, 5.41) is 16.5. The minimum atomic E-state index is -0.364. The predicted octanol–water partition coefficient (Wildman–Crippen LogP) is 1.95. The van der Waals surface area contributed by atoms with Gasteiger partial charge in [0.05, 0.1) is 5.92 Å². The predicted molar refractivity (Wildman–Crippen MR) is 83.4 cm³/mol. The number of aryl methyl sites for hydroxylation is 1. The number of nitrogens with two attached hydrogens (primary N) is 1. The van der Waals surface area contributed by atoms with Crippen molar-refractivity contribution < 1.29 is 9.47 Å². The molecule has 1 aromatic carbocycles. The first-order valence-corrected chi connectivity index (χ1v) is 6.94. The molecule has 0 fully saturated rings. The van der Waals surface area contributed by atoms with Crippen LogP contribution in [0.5, 0.6) is 11.6 Å². The average molecular weight is 306 g/mol. The number of allylic oxidation sites excluding steroid dienone is 1. The summed E-state index contributed by atoms with van der Waals surface area (Å²) in [5.41, 5.74) is 8.70. The Morgan fingerprint density at radius 1 is 1.52 bits per heavy atom. The number of aromatic nitrogens is 2. The van der Waals surface area contributed by atoms with Gasteiger partial charge in [0.1, 0.15) is 24.0 Å². The van der Waals surface area contributed by atoms with Crippen molar-refractivity contribution in [3.8, 4) is 30.0 Å². The summed E-state index contributed by atoms with van der Waals surface area (Å²) in [4.78, 5) is 0. The highest BCUT2D eigenvalue weighted by Gasteiger charge is 2.34. The minimum absolute atomic E-state index is 0.0615. The second-order valence-corrected chi connectivity index (χ2v) is 5.06. The molecule has 0 aliphatic carbocycles. The first kappa shape index (κ1) is 14.6. The summed E-state index contributed by atoms with van der Waals surface area (Å²) in [6.45, 7) is 2.05. The molecule has 6 nitrogen and oxygen atoms in total. The molecule has 114 valence electrons. The van der Waals surface area contributed by atoms with E-state index in [1.165, 1.54) is 0 Å². The number of nitrogens with one attached hydrogen (secondary N) is 1. The maximum atomic E-state index is 9.50. The summed E-state index contributed by atoms with van der Waals surface area (Å²) < 4.78 is 10.9. The Kier molecular flexibility index (Phi) is 3.66. The second kappa shape index (κ2) is 5.78. The highest BCUT2D eigenvalue weighted by atomic mass is 16.5. The van der Waals surface area contributed by atoms with E-state index < -0.39 is 0 Å². The number of ether oxygens (including phenoxy) is 2. The van der Waals surface area contributed by atoms with Gasteiger partial charge in [0, 0.05) is 11.3 Å². The van der Waals surface area contributed by atoms with E-state index in [0.29, 0.717) is 17.2 Å². The fourth-order valence-corrected chi connectivity index (χ4v) is 2.64. The van der Waals surface area contributed by atoms with Crippen LogP contribution >= 0.6 is 0 Å². The maximum absolute atomic E-state index is 9.50. The molecular weight excluding hydrogens is 292 g/mol. The van der Waals surface area contributed by atoms with Gasteiger partial charge in [-0.3, -0.25) is 5.10 Å². The molecule has 1 aliphatic heterocycles. The van der Waals surface area contributed by atoms with Crippen LogP contribution in [0.4, 0.5) is 0 Å². The Hall–Kier alpha value is -3.38. The van der Waals surface area contributed by atoms with Gasteiger partial charge in [-0.2, -0.15) is 5.26 Å². The molecule has 23 heavy (non-hydrogen) atoms. The van der Waals surface area contributed by atoms with E-state index in [4.69, 9.17) is 21.6 Å². The van der Waals surface area contributed by atoms with Gasteiger partial charge < -0.3 is 15.2 Å². The molecular formula is C17H14N4O2. The number of benzene rings is 1. The molecule has 0 saturated carbocycles. The van der Waals surface area contributed by atoms with Crippen LogP contribution in [0, 0.1) is 30.6 Å². The van der Waals surface area contributed by atoms with E-state index >= 15 is 0 Å². The highest BCUT2D eigenvalue weighted by Crippen LogP contribution is 2.43. The zero-order valence-corrected chi connectivity index (χ0v) is 12.5. The van der Waals surface area contributed by atoms with Crippen molar-refractivity contribution in [1.29, 1.82) is 5.26 Å². The lowest BCUT2D eigenvalue weighted by Gasteiger charge is -2.23. The molecule has 0 radical (unpaired) electrons. The zero-order chi connectivity index (χ0) is 16.4. The Balaban J connectivity index is 2.12. The number of H-pyrrole nitrogens is 1. The smallest absolute Gasteiger partial charge is 0.244 e. The zero-order valence-electron chi connectivity index (χ0n) is 12.5. The summed E-state index contributed by atoms with van der Waals surface area (Å²) in [6, 6.07) is 9.53. The van der Waals surface area contributed by atoms with Gasteiger partial charge >= 0.3 is 0 Å². The fourth-order valence-electron chi connectivity index (χ4n) is 2.64. The first-order valence-electron chi connectivity index (χ1n) is 6.94. The van der Waals surface area contributed by atoms with E-state index in [1.54, 1.807) is 0 Å². The average Bonchev–Trinajstić information content (AvgIpc) is 2.92. The quantitative estimate of drug-likeness (QED) is 0.845. The van der Waals surface area contributed by atoms with Crippen molar-refractivity contribution in [2.75, 3.05) is 6.61 Å². The lowest BCUT2D eigenvalue weighted by Crippen LogP contribution is -2.21. The SMILES string of the molecule is C#CCOc1cccc(C2C(C#N)=C(N)Oc3n[nH]c(C)c32)c1. The minimum Gasteiger partial charge on any atom is -0.481 e. The van der Waals surface area contributed by atoms with Crippen molar-refractivity contribution in [2.45, 2.75) is 12.8 Å². The number of hydrogen-bond donors (Lipinski definition) is 2. The molecule has 0 saturated heterocycles. The molecule has 3 N–H and O–H groups in total. The van der Waals surface area contributed by atoms with Crippen LogP contribution < -0.4 is 15.2 Å². The first-order chi connectivity index (χ1) is 11.2. The Morgan fingerprint density at radius 2 is 2.35 bits per heavy atom. The van der Waals surface area contributed by atoms with Gasteiger partial charge in [0.15, 0.2) is 0 Å². The van der Waals surface area contributed by atoms with Crippen molar-refractivity contribution in [3.05, 3.63) is 52.5 Å². The van der Waals surface area contributed by atoms with Crippen LogP contribution in [-0.2, 0) is 0 Å². The third-order valence-electron chi connectivity index (χ3n) is 3.64. The lowest BCUT2D eigenvalue weighted by molar-refractivity contribution is 0.368. The molecule has 2 heterocycles. The number of nitrogens with zero attached hydrogens (tertiary/aromatic N) is 2. The van der Waals surface area contributed by atoms with Gasteiger partial charge in [-0.05, 0) is 24.6 Å². The molecule has 3 rings (SSSR count). The summed E-state index contributed by atoms with van der Waals surface area (Å²) in [6.07, 6.45) is 5.22. The van der Waals surface area contributed by atoms with E-state index in [1.807, 2.05) is 31.2 Å². The molecule has 1 unspecified atom stereocenters. The van der Waals surface area contributed by atoms with E-state index in [0.717, 1.165) is 16.8 Å². The molecule has 0 amide bonds. The molecule has 1 aromatic heterocycles. The normalized spacial score (nSPS) is 16.0. The van der Waals surface area contributed by atoms with Crippen LogP contribution in [0.15, 0.2) is 35.7 Å². The van der Waals surface area contributed by atoms with Crippen LogP contribution in [0.3, 0.4) is 0 Å². The summed E-state index contributed by atoms with van der Waals surface area (Å²) in [7, 11) is 0. The van der Waals surface area contributed by atoms with Gasteiger partial charge in [0.2, 0.25) is 11.8 Å². The number of nitriles is 1. The van der Waals surface area contributed by atoms with Gasteiger partial charge in [-0.1, -0.05) is 18.1 Å². The number of aromatic amines is 1. The Morgan fingerprint density at radius 3 is 3.09 bits per heavy atom. The highest BCUT2D eigenvalue weighted by molar-refractivity contribution is 5.55. The third-order valence-corrected chi connectivity index (χ3v) is 3.64. The molecule has 2 aromatic rings. The van der Waals surface area contributed by atoms with Gasteiger partial charge in [0.25, 0.3) is 0 Å². The van der Waals surface area contributed by atoms with Crippen LogP contribution in [0.2, 0.25) is 0 Å². The fraction of sp³-hybridized carbons (Fsp3) is 0.176. The molecule has 1 atom stereocenters. The van der Waals surface area contributed by atoms with Crippen molar-refractivity contribution >= 4 is 0 Å². The number of hydrogen-bond acceptors (Lipinski definition) is 5. The molecule has 1 aliphatic rings. The molecule has 6 heteroatoms. The number of terminal acetylenes is 1. The van der Waals surface area contributed by atoms with Gasteiger partial charge in [-0.25, -0.2) is 0 Å². The monoisotopic (exact) mass is 306 g/mol.